The second-order valence-electron chi connectivity index (χ2n) is 6.54. The Balaban J connectivity index is 1.56. The van der Waals surface area contributed by atoms with E-state index in [2.05, 4.69) is 6.07 Å². The zero-order valence-electron chi connectivity index (χ0n) is 13.8. The average Bonchev–Trinajstić information content (AvgIpc) is 3.30. The van der Waals surface area contributed by atoms with Gasteiger partial charge in [0.15, 0.2) is 0 Å². The van der Waals surface area contributed by atoms with Gasteiger partial charge in [0.25, 0.3) is 0 Å². The number of benzene rings is 1. The van der Waals surface area contributed by atoms with Crippen molar-refractivity contribution in [3.05, 3.63) is 29.3 Å². The molecule has 0 saturated carbocycles. The molecular weight excluding hydrogens is 322 g/mol. The monoisotopic (exact) mass is 343 g/mol. The van der Waals surface area contributed by atoms with Crippen molar-refractivity contribution in [3.63, 3.8) is 0 Å². The van der Waals surface area contributed by atoms with Gasteiger partial charge in [-0.25, -0.2) is 4.98 Å². The first kappa shape index (κ1) is 15.6. The van der Waals surface area contributed by atoms with Crippen LogP contribution < -0.4 is 0 Å². The van der Waals surface area contributed by atoms with E-state index in [-0.39, 0.29) is 23.8 Å². The first-order valence-electron chi connectivity index (χ1n) is 8.61. The maximum absolute atomic E-state index is 13.0. The summed E-state index contributed by atoms with van der Waals surface area (Å²) in [6.45, 7) is 3.99. The van der Waals surface area contributed by atoms with E-state index in [4.69, 9.17) is 4.98 Å². The van der Waals surface area contributed by atoms with Crippen molar-refractivity contribution in [1.29, 1.82) is 0 Å². The third-order valence-corrected chi connectivity index (χ3v) is 6.21. The van der Waals surface area contributed by atoms with E-state index in [0.29, 0.717) is 19.5 Å². The van der Waals surface area contributed by atoms with Crippen molar-refractivity contribution in [3.8, 4) is 0 Å². The second-order valence-corrected chi connectivity index (χ2v) is 7.61. The minimum absolute atomic E-state index is 0.0701. The molecule has 3 heterocycles. The zero-order chi connectivity index (χ0) is 16.7. The van der Waals surface area contributed by atoms with E-state index in [1.54, 1.807) is 16.2 Å². The summed E-state index contributed by atoms with van der Waals surface area (Å²) in [5.41, 5.74) is 1.00. The van der Waals surface area contributed by atoms with Crippen molar-refractivity contribution in [2.45, 2.75) is 32.2 Å². The van der Waals surface area contributed by atoms with Crippen LogP contribution in [0.3, 0.4) is 0 Å². The number of para-hydroxylation sites is 1. The number of rotatable bonds is 3. The van der Waals surface area contributed by atoms with Crippen LogP contribution >= 0.6 is 11.3 Å². The fourth-order valence-corrected chi connectivity index (χ4v) is 4.91. The predicted molar refractivity (Wildman–Crippen MR) is 93.7 cm³/mol. The fraction of sp³-hybridized carbons (Fsp3) is 0.500. The normalized spacial score (nSPS) is 24.3. The Labute approximate surface area is 145 Å². The Kier molecular flexibility index (Phi) is 4.00. The lowest BCUT2D eigenvalue weighted by Gasteiger charge is -2.26. The van der Waals surface area contributed by atoms with Crippen LogP contribution in [0.15, 0.2) is 24.3 Å². The molecule has 2 aliphatic heterocycles. The summed E-state index contributed by atoms with van der Waals surface area (Å²) >= 11 is 1.68. The van der Waals surface area contributed by atoms with Crippen molar-refractivity contribution in [1.82, 2.24) is 14.8 Å². The molecule has 0 radical (unpaired) electrons. The molecule has 0 bridgehead atoms. The molecule has 2 aromatic rings. The van der Waals surface area contributed by atoms with E-state index in [1.165, 1.54) is 4.70 Å². The molecule has 2 fully saturated rings. The highest BCUT2D eigenvalue weighted by atomic mass is 32.1. The Morgan fingerprint density at radius 3 is 2.96 bits per heavy atom. The smallest absolute Gasteiger partial charge is 0.228 e. The van der Waals surface area contributed by atoms with Crippen molar-refractivity contribution < 1.29 is 9.59 Å². The van der Waals surface area contributed by atoms with Crippen molar-refractivity contribution in [2.75, 3.05) is 19.6 Å². The zero-order valence-corrected chi connectivity index (χ0v) is 14.6. The van der Waals surface area contributed by atoms with Gasteiger partial charge in [0.1, 0.15) is 5.01 Å². The summed E-state index contributed by atoms with van der Waals surface area (Å²) in [5.74, 6) is 0.0417. The molecule has 24 heavy (non-hydrogen) atoms. The number of carbonyl (C=O) groups is 2. The third kappa shape index (κ3) is 2.59. The van der Waals surface area contributed by atoms with Gasteiger partial charge in [-0.3, -0.25) is 9.59 Å². The lowest BCUT2D eigenvalue weighted by Crippen LogP contribution is -2.37. The molecule has 6 heteroatoms. The first-order valence-corrected chi connectivity index (χ1v) is 9.42. The molecule has 2 amide bonds. The van der Waals surface area contributed by atoms with E-state index < -0.39 is 0 Å². The standard InChI is InChI=1S/C18H21N3O2S/c1-2-20-11-12(10-16(20)22)18(23)21-9-5-7-14(21)17-19-13-6-3-4-8-15(13)24-17/h3-4,6,8,12,14H,2,5,7,9-11H2,1H3/t12-,14-/m0/s1. The van der Waals surface area contributed by atoms with Gasteiger partial charge in [-0.05, 0) is 31.9 Å². The van der Waals surface area contributed by atoms with Crippen LogP contribution in [0.1, 0.15) is 37.2 Å². The van der Waals surface area contributed by atoms with E-state index in [0.717, 1.165) is 29.9 Å². The molecule has 0 N–H and O–H groups in total. The summed E-state index contributed by atoms with van der Waals surface area (Å²) in [5, 5.41) is 1.03. The van der Waals surface area contributed by atoms with E-state index in [1.807, 2.05) is 30.0 Å². The van der Waals surface area contributed by atoms with Crippen LogP contribution in [-0.4, -0.2) is 46.2 Å². The molecule has 2 aliphatic rings. The number of hydrogen-bond donors (Lipinski definition) is 0. The number of amides is 2. The third-order valence-electron chi connectivity index (χ3n) is 5.08. The highest BCUT2D eigenvalue weighted by Gasteiger charge is 2.40. The van der Waals surface area contributed by atoms with E-state index in [9.17, 15) is 9.59 Å². The molecule has 5 nitrogen and oxygen atoms in total. The van der Waals surface area contributed by atoms with Gasteiger partial charge in [0, 0.05) is 26.1 Å². The molecule has 0 spiro atoms. The number of carbonyl (C=O) groups excluding carboxylic acids is 2. The van der Waals surface area contributed by atoms with Crippen LogP contribution in [0, 0.1) is 5.92 Å². The molecule has 126 valence electrons. The first-order chi connectivity index (χ1) is 11.7. The molecule has 4 rings (SSSR count). The molecule has 1 aromatic heterocycles. The number of fused-ring (bicyclic) bond motifs is 1. The summed E-state index contributed by atoms with van der Waals surface area (Å²) in [4.78, 5) is 33.4. The lowest BCUT2D eigenvalue weighted by molar-refractivity contribution is -0.136. The fourth-order valence-electron chi connectivity index (χ4n) is 3.80. The largest absolute Gasteiger partial charge is 0.342 e. The minimum Gasteiger partial charge on any atom is -0.342 e. The number of likely N-dealkylation sites (tertiary alicyclic amines) is 2. The van der Waals surface area contributed by atoms with Gasteiger partial charge in [-0.15, -0.1) is 11.3 Å². The van der Waals surface area contributed by atoms with Crippen LogP contribution in [0.4, 0.5) is 0 Å². The minimum atomic E-state index is -0.188. The topological polar surface area (TPSA) is 53.5 Å². The Morgan fingerprint density at radius 2 is 2.21 bits per heavy atom. The van der Waals surface area contributed by atoms with Crippen LogP contribution in [0.25, 0.3) is 10.2 Å². The number of thiazole rings is 1. The number of nitrogens with zero attached hydrogens (tertiary/aromatic N) is 3. The second kappa shape index (κ2) is 6.16. The molecular formula is C18H21N3O2S. The molecule has 0 unspecified atom stereocenters. The highest BCUT2D eigenvalue weighted by Crippen LogP contribution is 2.38. The van der Waals surface area contributed by atoms with Gasteiger partial charge in [-0.2, -0.15) is 0 Å². The maximum Gasteiger partial charge on any atom is 0.228 e. The van der Waals surface area contributed by atoms with Crippen molar-refractivity contribution >= 4 is 33.4 Å². The Hall–Kier alpha value is -1.95. The number of hydrogen-bond acceptors (Lipinski definition) is 4. The molecule has 0 aliphatic carbocycles. The molecule has 2 saturated heterocycles. The van der Waals surface area contributed by atoms with Gasteiger partial charge in [-0.1, -0.05) is 12.1 Å². The van der Waals surface area contributed by atoms with Gasteiger partial charge in [0.2, 0.25) is 11.8 Å². The van der Waals surface area contributed by atoms with Crippen LogP contribution in [0.2, 0.25) is 0 Å². The maximum atomic E-state index is 13.0. The van der Waals surface area contributed by atoms with Gasteiger partial charge in [0.05, 0.1) is 22.2 Å². The van der Waals surface area contributed by atoms with Gasteiger partial charge >= 0.3 is 0 Å². The summed E-state index contributed by atoms with van der Waals surface area (Å²) in [6, 6.07) is 8.18. The predicted octanol–water partition coefficient (Wildman–Crippen LogP) is 2.83. The highest BCUT2D eigenvalue weighted by molar-refractivity contribution is 7.18. The Morgan fingerprint density at radius 1 is 1.38 bits per heavy atom. The van der Waals surface area contributed by atoms with Crippen LogP contribution in [-0.2, 0) is 9.59 Å². The quantitative estimate of drug-likeness (QED) is 0.861. The SMILES string of the molecule is CCN1C[C@@H](C(=O)N2CCC[C@H]2c2nc3ccccc3s2)CC1=O. The van der Waals surface area contributed by atoms with Crippen molar-refractivity contribution in [2.24, 2.45) is 5.92 Å². The molecule has 2 atom stereocenters. The van der Waals surface area contributed by atoms with Gasteiger partial charge < -0.3 is 9.80 Å². The Bertz CT molecular complexity index is 754. The average molecular weight is 343 g/mol. The summed E-state index contributed by atoms with van der Waals surface area (Å²) in [6.07, 6.45) is 2.32. The lowest BCUT2D eigenvalue weighted by atomic mass is 10.1. The number of aromatic nitrogens is 1. The van der Waals surface area contributed by atoms with Crippen LogP contribution in [0.5, 0.6) is 0 Å². The summed E-state index contributed by atoms with van der Waals surface area (Å²) < 4.78 is 1.17. The molecule has 1 aromatic carbocycles. The summed E-state index contributed by atoms with van der Waals surface area (Å²) in [7, 11) is 0. The van der Waals surface area contributed by atoms with E-state index >= 15 is 0 Å².